The second kappa shape index (κ2) is 10.3. The molecular formula is C25H30ClN3O2. The maximum Gasteiger partial charge on any atom is 0.255 e. The van der Waals surface area contributed by atoms with Crippen LogP contribution in [-0.4, -0.2) is 47.8 Å². The van der Waals surface area contributed by atoms with Crippen molar-refractivity contribution in [3.8, 4) is 0 Å². The van der Waals surface area contributed by atoms with Crippen molar-refractivity contribution in [1.82, 2.24) is 9.80 Å². The minimum atomic E-state index is -0.102. The lowest BCUT2D eigenvalue weighted by molar-refractivity contribution is -0.121. The van der Waals surface area contributed by atoms with Gasteiger partial charge in [0.25, 0.3) is 5.91 Å². The predicted octanol–water partition coefficient (Wildman–Crippen LogP) is 4.82. The van der Waals surface area contributed by atoms with Gasteiger partial charge < -0.3 is 10.2 Å². The van der Waals surface area contributed by atoms with Gasteiger partial charge >= 0.3 is 0 Å². The van der Waals surface area contributed by atoms with E-state index in [0.29, 0.717) is 16.3 Å². The molecule has 2 amide bonds. The Bertz CT molecular complexity index is 912. The van der Waals surface area contributed by atoms with Gasteiger partial charge in [-0.15, -0.1) is 0 Å². The number of piperidine rings is 2. The molecule has 0 aromatic heterocycles. The van der Waals surface area contributed by atoms with Crippen LogP contribution in [0.4, 0.5) is 5.69 Å². The molecule has 2 aliphatic rings. The lowest BCUT2D eigenvalue weighted by Crippen LogP contribution is -2.40. The smallest absolute Gasteiger partial charge is 0.255 e. The van der Waals surface area contributed by atoms with E-state index in [-0.39, 0.29) is 17.7 Å². The first-order valence-corrected chi connectivity index (χ1v) is 11.6. The van der Waals surface area contributed by atoms with Crippen molar-refractivity contribution in [2.45, 2.75) is 38.6 Å². The Morgan fingerprint density at radius 1 is 0.968 bits per heavy atom. The van der Waals surface area contributed by atoms with Crippen molar-refractivity contribution in [2.75, 3.05) is 31.5 Å². The van der Waals surface area contributed by atoms with Crippen LogP contribution in [0, 0.1) is 5.92 Å². The van der Waals surface area contributed by atoms with Crippen LogP contribution in [0.1, 0.15) is 48.0 Å². The van der Waals surface area contributed by atoms with E-state index >= 15 is 0 Å². The van der Waals surface area contributed by atoms with E-state index in [1.165, 1.54) is 5.56 Å². The Morgan fingerprint density at radius 2 is 1.74 bits per heavy atom. The Labute approximate surface area is 189 Å². The number of anilines is 1. The molecule has 1 unspecified atom stereocenters. The molecule has 0 radical (unpaired) electrons. The number of nitrogens with zero attached hydrogens (tertiary/aromatic N) is 2. The zero-order chi connectivity index (χ0) is 21.6. The first-order valence-electron chi connectivity index (χ1n) is 11.3. The van der Waals surface area contributed by atoms with Crippen LogP contribution < -0.4 is 5.32 Å². The number of hydrogen-bond acceptors (Lipinski definition) is 3. The highest BCUT2D eigenvalue weighted by atomic mass is 35.5. The SMILES string of the molecule is O=C(Nc1cc(Cl)ccc1C(=O)N1CCCCC1)C1CCCN(Cc2ccccc2)C1. The summed E-state index contributed by atoms with van der Waals surface area (Å²) in [6, 6.07) is 15.5. The van der Waals surface area contributed by atoms with E-state index in [9.17, 15) is 9.59 Å². The van der Waals surface area contributed by atoms with Gasteiger partial charge in [-0.3, -0.25) is 14.5 Å². The number of rotatable bonds is 5. The fraction of sp³-hybridized carbons (Fsp3) is 0.440. The first-order chi connectivity index (χ1) is 15.1. The van der Waals surface area contributed by atoms with Gasteiger partial charge in [-0.05, 0) is 62.4 Å². The Kier molecular flexibility index (Phi) is 7.25. The molecule has 2 aromatic carbocycles. The van der Waals surface area contributed by atoms with E-state index in [0.717, 1.165) is 64.8 Å². The van der Waals surface area contributed by atoms with Gasteiger partial charge in [-0.2, -0.15) is 0 Å². The molecule has 2 aliphatic heterocycles. The summed E-state index contributed by atoms with van der Waals surface area (Å²) >= 11 is 6.21. The quantitative estimate of drug-likeness (QED) is 0.726. The lowest BCUT2D eigenvalue weighted by atomic mass is 9.96. The average Bonchev–Trinajstić information content (AvgIpc) is 2.80. The molecule has 2 aromatic rings. The fourth-order valence-corrected chi connectivity index (χ4v) is 4.74. The van der Waals surface area contributed by atoms with E-state index in [2.05, 4.69) is 22.3 Å². The summed E-state index contributed by atoms with van der Waals surface area (Å²) < 4.78 is 0. The molecule has 4 rings (SSSR count). The van der Waals surface area contributed by atoms with Crippen molar-refractivity contribution in [2.24, 2.45) is 5.92 Å². The number of nitrogens with one attached hydrogen (secondary N) is 1. The summed E-state index contributed by atoms with van der Waals surface area (Å²) in [6.45, 7) is 4.10. The highest BCUT2D eigenvalue weighted by Gasteiger charge is 2.28. The third kappa shape index (κ3) is 5.66. The third-order valence-electron chi connectivity index (χ3n) is 6.24. The van der Waals surface area contributed by atoms with Crippen LogP contribution in [-0.2, 0) is 11.3 Å². The van der Waals surface area contributed by atoms with Gasteiger partial charge in [0.2, 0.25) is 5.91 Å². The predicted molar refractivity (Wildman–Crippen MR) is 124 cm³/mol. The number of amides is 2. The maximum atomic E-state index is 13.1. The zero-order valence-corrected chi connectivity index (χ0v) is 18.6. The molecule has 6 heteroatoms. The molecule has 5 nitrogen and oxygen atoms in total. The molecule has 2 fully saturated rings. The highest BCUT2D eigenvalue weighted by molar-refractivity contribution is 6.31. The zero-order valence-electron chi connectivity index (χ0n) is 17.9. The van der Waals surface area contributed by atoms with Crippen molar-refractivity contribution >= 4 is 29.1 Å². The van der Waals surface area contributed by atoms with Crippen LogP contribution in [0.2, 0.25) is 5.02 Å². The van der Waals surface area contributed by atoms with Crippen molar-refractivity contribution in [3.63, 3.8) is 0 Å². The van der Waals surface area contributed by atoms with Crippen molar-refractivity contribution in [3.05, 3.63) is 64.7 Å². The molecule has 0 spiro atoms. The standard InChI is InChI=1S/C25H30ClN3O2/c26-21-11-12-22(25(31)29-14-5-2-6-15-29)23(16-21)27-24(30)20-10-7-13-28(18-20)17-19-8-3-1-4-9-19/h1,3-4,8-9,11-12,16,20H,2,5-7,10,13-15,17-18H2,(H,27,30). The molecule has 0 saturated carbocycles. The van der Waals surface area contributed by atoms with Crippen molar-refractivity contribution < 1.29 is 9.59 Å². The summed E-state index contributed by atoms with van der Waals surface area (Å²) in [4.78, 5) is 30.4. The van der Waals surface area contributed by atoms with Gasteiger partial charge in [-0.25, -0.2) is 0 Å². The summed E-state index contributed by atoms with van der Waals surface area (Å²) in [7, 11) is 0. The van der Waals surface area contributed by atoms with E-state index in [4.69, 9.17) is 11.6 Å². The monoisotopic (exact) mass is 439 g/mol. The summed E-state index contributed by atoms with van der Waals surface area (Å²) in [5.41, 5.74) is 2.30. The van der Waals surface area contributed by atoms with Crippen LogP contribution in [0.25, 0.3) is 0 Å². The largest absolute Gasteiger partial charge is 0.339 e. The minimum Gasteiger partial charge on any atom is -0.339 e. The summed E-state index contributed by atoms with van der Waals surface area (Å²) in [6.07, 6.45) is 5.06. The second-order valence-corrected chi connectivity index (χ2v) is 9.03. The molecule has 164 valence electrons. The van der Waals surface area contributed by atoms with Crippen LogP contribution in [0.5, 0.6) is 0 Å². The topological polar surface area (TPSA) is 52.7 Å². The van der Waals surface area contributed by atoms with Gasteiger partial charge in [-0.1, -0.05) is 41.9 Å². The molecular weight excluding hydrogens is 410 g/mol. The van der Waals surface area contributed by atoms with E-state index in [1.807, 2.05) is 23.1 Å². The maximum absolute atomic E-state index is 13.1. The minimum absolute atomic E-state index is 0.0268. The van der Waals surface area contributed by atoms with Gasteiger partial charge in [0.1, 0.15) is 0 Å². The Balaban J connectivity index is 1.44. The second-order valence-electron chi connectivity index (χ2n) is 8.59. The number of halogens is 1. The van der Waals surface area contributed by atoms with E-state index in [1.54, 1.807) is 18.2 Å². The number of benzene rings is 2. The van der Waals surface area contributed by atoms with Gasteiger partial charge in [0.15, 0.2) is 0 Å². The molecule has 2 saturated heterocycles. The molecule has 1 atom stereocenters. The lowest BCUT2D eigenvalue weighted by Gasteiger charge is -2.32. The number of hydrogen-bond donors (Lipinski definition) is 1. The summed E-state index contributed by atoms with van der Waals surface area (Å²) in [5.74, 6) is -0.164. The molecule has 31 heavy (non-hydrogen) atoms. The van der Waals surface area contributed by atoms with E-state index < -0.39 is 0 Å². The molecule has 1 N–H and O–H groups in total. The van der Waals surface area contributed by atoms with Crippen LogP contribution in [0.15, 0.2) is 48.5 Å². The first kappa shape index (κ1) is 21.8. The number of likely N-dealkylation sites (tertiary alicyclic amines) is 2. The Morgan fingerprint density at radius 3 is 2.52 bits per heavy atom. The number of carbonyl (C=O) groups excluding carboxylic acids is 2. The normalized spacial score (nSPS) is 19.8. The summed E-state index contributed by atoms with van der Waals surface area (Å²) in [5, 5.41) is 3.54. The molecule has 2 heterocycles. The van der Waals surface area contributed by atoms with Crippen LogP contribution in [0.3, 0.4) is 0 Å². The van der Waals surface area contributed by atoms with Gasteiger partial charge in [0, 0.05) is 31.2 Å². The van der Waals surface area contributed by atoms with Gasteiger partial charge in [0.05, 0.1) is 17.2 Å². The number of carbonyl (C=O) groups is 2. The molecule has 0 bridgehead atoms. The van der Waals surface area contributed by atoms with Crippen LogP contribution >= 0.6 is 11.6 Å². The van der Waals surface area contributed by atoms with Crippen molar-refractivity contribution in [1.29, 1.82) is 0 Å². The fourth-order valence-electron chi connectivity index (χ4n) is 4.56. The third-order valence-corrected chi connectivity index (χ3v) is 6.47. The Hall–Kier alpha value is -2.37. The average molecular weight is 440 g/mol. The molecule has 0 aliphatic carbocycles. The highest BCUT2D eigenvalue weighted by Crippen LogP contribution is 2.26.